The maximum Gasteiger partial charge on any atom is 0.263 e. The van der Waals surface area contributed by atoms with Crippen LogP contribution in [0.4, 0.5) is 0 Å². The Morgan fingerprint density at radius 2 is 2.04 bits per heavy atom. The Morgan fingerprint density at radius 1 is 1.32 bits per heavy atom. The van der Waals surface area contributed by atoms with E-state index in [0.29, 0.717) is 18.9 Å². The predicted molar refractivity (Wildman–Crippen MR) is 98.3 cm³/mol. The van der Waals surface area contributed by atoms with E-state index >= 15 is 0 Å². The van der Waals surface area contributed by atoms with E-state index in [1.54, 1.807) is 4.90 Å². The van der Waals surface area contributed by atoms with Crippen molar-refractivity contribution in [3.8, 4) is 0 Å². The van der Waals surface area contributed by atoms with E-state index in [2.05, 4.69) is 9.97 Å². The zero-order chi connectivity index (χ0) is 18.2. The topological polar surface area (TPSA) is 66.1 Å². The standard InChI is InChI=1S/C19H22ClN3O2/c1-19(2,3)18-21-10-14(16(24)22-18)17(25)23-9-8-12(11-23)13-6-4-5-7-15(13)20/h4-7,10,12H,8-9,11H2,1-3H3,(H,21,22,24)/t12-/m1/s1. The number of amides is 1. The molecule has 0 bridgehead atoms. The van der Waals surface area contributed by atoms with Crippen LogP contribution in [0.15, 0.2) is 35.3 Å². The fourth-order valence-corrected chi connectivity index (χ4v) is 3.39. The van der Waals surface area contributed by atoms with Gasteiger partial charge in [-0.2, -0.15) is 0 Å². The lowest BCUT2D eigenvalue weighted by atomic mass is 9.96. The number of halogens is 1. The van der Waals surface area contributed by atoms with Crippen LogP contribution in [0.3, 0.4) is 0 Å². The lowest BCUT2D eigenvalue weighted by Gasteiger charge is -2.19. The van der Waals surface area contributed by atoms with Crippen LogP contribution in [-0.2, 0) is 5.41 Å². The molecule has 25 heavy (non-hydrogen) atoms. The van der Waals surface area contributed by atoms with Gasteiger partial charge in [0.05, 0.1) is 0 Å². The maximum absolute atomic E-state index is 12.7. The van der Waals surface area contributed by atoms with Crippen LogP contribution in [-0.4, -0.2) is 33.9 Å². The number of aromatic nitrogens is 2. The molecule has 0 aliphatic carbocycles. The summed E-state index contributed by atoms with van der Waals surface area (Å²) in [6, 6.07) is 7.70. The molecule has 3 rings (SSSR count). The number of carbonyl (C=O) groups excluding carboxylic acids is 1. The number of hydrogen-bond acceptors (Lipinski definition) is 3. The Balaban J connectivity index is 1.79. The summed E-state index contributed by atoms with van der Waals surface area (Å²) in [5.74, 6) is 0.492. The van der Waals surface area contributed by atoms with Gasteiger partial charge in [0.1, 0.15) is 11.4 Å². The second kappa shape index (κ2) is 6.64. The van der Waals surface area contributed by atoms with Crippen LogP contribution in [0, 0.1) is 0 Å². The van der Waals surface area contributed by atoms with E-state index in [4.69, 9.17) is 11.6 Å². The molecule has 0 unspecified atom stereocenters. The molecule has 1 N–H and O–H groups in total. The van der Waals surface area contributed by atoms with Gasteiger partial charge in [0.2, 0.25) is 0 Å². The smallest absolute Gasteiger partial charge is 0.263 e. The molecule has 1 amide bonds. The number of carbonyl (C=O) groups is 1. The molecule has 1 fully saturated rings. The number of hydrogen-bond donors (Lipinski definition) is 1. The molecule has 2 aromatic rings. The van der Waals surface area contributed by atoms with Gasteiger partial charge in [0.15, 0.2) is 0 Å². The summed E-state index contributed by atoms with van der Waals surface area (Å²) in [5.41, 5.74) is 0.484. The third-order valence-corrected chi connectivity index (χ3v) is 4.90. The van der Waals surface area contributed by atoms with Crippen LogP contribution >= 0.6 is 11.6 Å². The van der Waals surface area contributed by atoms with Gasteiger partial charge in [0, 0.05) is 35.6 Å². The molecule has 0 radical (unpaired) electrons. The average molecular weight is 360 g/mol. The second-order valence-corrected chi connectivity index (χ2v) is 7.89. The Labute approximate surface area is 152 Å². The van der Waals surface area contributed by atoms with Gasteiger partial charge in [-0.05, 0) is 18.1 Å². The molecule has 132 valence electrons. The molecule has 5 nitrogen and oxygen atoms in total. The molecule has 1 saturated heterocycles. The molecule has 1 aliphatic rings. The highest BCUT2D eigenvalue weighted by atomic mass is 35.5. The molecular weight excluding hydrogens is 338 g/mol. The number of benzene rings is 1. The van der Waals surface area contributed by atoms with Crippen molar-refractivity contribution in [3.63, 3.8) is 0 Å². The molecule has 0 saturated carbocycles. The van der Waals surface area contributed by atoms with Crippen LogP contribution in [0.5, 0.6) is 0 Å². The molecule has 1 aromatic carbocycles. The SMILES string of the molecule is CC(C)(C)c1ncc(C(=O)N2CC[C@@H](c3ccccc3Cl)C2)c(=O)[nH]1. The fraction of sp³-hybridized carbons (Fsp3) is 0.421. The molecule has 6 heteroatoms. The number of rotatable bonds is 2. The first-order chi connectivity index (χ1) is 11.8. The van der Waals surface area contributed by atoms with Crippen molar-refractivity contribution in [1.29, 1.82) is 0 Å². The summed E-state index contributed by atoms with van der Waals surface area (Å²) < 4.78 is 0. The third-order valence-electron chi connectivity index (χ3n) is 4.56. The first-order valence-electron chi connectivity index (χ1n) is 8.41. The van der Waals surface area contributed by atoms with E-state index in [0.717, 1.165) is 17.0 Å². The van der Waals surface area contributed by atoms with E-state index in [-0.39, 0.29) is 28.4 Å². The van der Waals surface area contributed by atoms with E-state index < -0.39 is 0 Å². The number of likely N-dealkylation sites (tertiary alicyclic amines) is 1. The molecule has 1 atom stereocenters. The van der Waals surface area contributed by atoms with Crippen molar-refractivity contribution in [2.75, 3.05) is 13.1 Å². The molecule has 2 heterocycles. The maximum atomic E-state index is 12.7. The van der Waals surface area contributed by atoms with Gasteiger partial charge in [-0.25, -0.2) is 4.98 Å². The third kappa shape index (κ3) is 3.61. The van der Waals surface area contributed by atoms with Gasteiger partial charge in [-0.15, -0.1) is 0 Å². The van der Waals surface area contributed by atoms with Crippen LogP contribution < -0.4 is 5.56 Å². The number of nitrogens with one attached hydrogen (secondary N) is 1. The Bertz CT molecular complexity index is 854. The number of aromatic amines is 1. The summed E-state index contributed by atoms with van der Waals surface area (Å²) in [6.45, 7) is 7.04. The molecule has 0 spiro atoms. The first kappa shape index (κ1) is 17.7. The minimum absolute atomic E-state index is 0.0906. The lowest BCUT2D eigenvalue weighted by molar-refractivity contribution is 0.0788. The summed E-state index contributed by atoms with van der Waals surface area (Å²) in [7, 11) is 0. The summed E-state index contributed by atoms with van der Waals surface area (Å²) in [6.07, 6.45) is 2.23. The summed E-state index contributed by atoms with van der Waals surface area (Å²) in [5, 5.41) is 0.718. The van der Waals surface area contributed by atoms with Crippen LogP contribution in [0.1, 0.15) is 54.9 Å². The fourth-order valence-electron chi connectivity index (χ4n) is 3.10. The van der Waals surface area contributed by atoms with Crippen molar-refractivity contribution in [2.45, 2.75) is 38.5 Å². The van der Waals surface area contributed by atoms with E-state index in [1.807, 2.05) is 45.0 Å². The minimum Gasteiger partial charge on any atom is -0.338 e. The second-order valence-electron chi connectivity index (χ2n) is 7.48. The highest BCUT2D eigenvalue weighted by molar-refractivity contribution is 6.31. The Hall–Kier alpha value is -2.14. The van der Waals surface area contributed by atoms with Gasteiger partial charge in [-0.3, -0.25) is 9.59 Å². The number of nitrogens with zero attached hydrogens (tertiary/aromatic N) is 2. The summed E-state index contributed by atoms with van der Waals surface area (Å²) in [4.78, 5) is 33.8. The predicted octanol–water partition coefficient (Wildman–Crippen LogP) is 3.35. The first-order valence-corrected chi connectivity index (χ1v) is 8.78. The Kier molecular flexibility index (Phi) is 4.69. The number of H-pyrrole nitrogens is 1. The van der Waals surface area contributed by atoms with Gasteiger partial charge < -0.3 is 9.88 Å². The molecular formula is C19H22ClN3O2. The lowest BCUT2D eigenvalue weighted by Crippen LogP contribution is -2.34. The van der Waals surface area contributed by atoms with E-state index in [9.17, 15) is 9.59 Å². The largest absolute Gasteiger partial charge is 0.338 e. The van der Waals surface area contributed by atoms with Crippen molar-refractivity contribution in [3.05, 3.63) is 62.8 Å². The highest BCUT2D eigenvalue weighted by Gasteiger charge is 2.30. The van der Waals surface area contributed by atoms with Gasteiger partial charge in [0.25, 0.3) is 11.5 Å². The van der Waals surface area contributed by atoms with Crippen molar-refractivity contribution < 1.29 is 4.79 Å². The summed E-state index contributed by atoms with van der Waals surface area (Å²) >= 11 is 6.27. The Morgan fingerprint density at radius 3 is 2.68 bits per heavy atom. The minimum atomic E-state index is -0.383. The zero-order valence-corrected chi connectivity index (χ0v) is 15.4. The zero-order valence-electron chi connectivity index (χ0n) is 14.7. The van der Waals surface area contributed by atoms with Gasteiger partial charge in [-0.1, -0.05) is 50.6 Å². The van der Waals surface area contributed by atoms with Crippen LogP contribution in [0.25, 0.3) is 0 Å². The van der Waals surface area contributed by atoms with E-state index in [1.165, 1.54) is 6.20 Å². The van der Waals surface area contributed by atoms with Crippen LogP contribution in [0.2, 0.25) is 5.02 Å². The normalized spacial score (nSPS) is 17.8. The van der Waals surface area contributed by atoms with Crippen molar-refractivity contribution >= 4 is 17.5 Å². The van der Waals surface area contributed by atoms with Crippen molar-refractivity contribution in [2.24, 2.45) is 0 Å². The van der Waals surface area contributed by atoms with Gasteiger partial charge >= 0.3 is 0 Å². The molecule has 1 aromatic heterocycles. The average Bonchev–Trinajstić information content (AvgIpc) is 3.03. The highest BCUT2D eigenvalue weighted by Crippen LogP contribution is 2.32. The quantitative estimate of drug-likeness (QED) is 0.894. The monoisotopic (exact) mass is 359 g/mol. The van der Waals surface area contributed by atoms with Crippen molar-refractivity contribution in [1.82, 2.24) is 14.9 Å². The molecule has 1 aliphatic heterocycles.